The summed E-state index contributed by atoms with van der Waals surface area (Å²) in [6.07, 6.45) is 0.560. The van der Waals surface area contributed by atoms with Crippen LogP contribution < -0.4 is 5.32 Å². The first-order chi connectivity index (χ1) is 6.74. The zero-order valence-electron chi connectivity index (χ0n) is 10.3. The summed E-state index contributed by atoms with van der Waals surface area (Å²) in [7, 11) is 0. The van der Waals surface area contributed by atoms with Gasteiger partial charge in [0.25, 0.3) is 0 Å². The number of carbonyl (C=O) groups excluding carboxylic acids is 1. The summed E-state index contributed by atoms with van der Waals surface area (Å²) in [6.45, 7) is 9.79. The van der Waals surface area contributed by atoms with Crippen LogP contribution in [-0.2, 0) is 4.74 Å². The van der Waals surface area contributed by atoms with Gasteiger partial charge in [-0.1, -0.05) is 13.8 Å². The second-order valence-electron chi connectivity index (χ2n) is 5.16. The lowest BCUT2D eigenvalue weighted by atomic mass is 10.1. The molecule has 0 rings (SSSR count). The molecule has 0 radical (unpaired) electrons. The number of thiol groups is 1. The first kappa shape index (κ1) is 14.6. The molecule has 0 saturated heterocycles. The van der Waals surface area contributed by atoms with Gasteiger partial charge in [-0.05, 0) is 33.1 Å². The Kier molecular flexibility index (Phi) is 6.10. The van der Waals surface area contributed by atoms with Crippen molar-refractivity contribution in [2.75, 3.05) is 5.75 Å². The number of nitrogens with one attached hydrogen (secondary N) is 1. The molecule has 1 amide bonds. The van der Waals surface area contributed by atoms with Gasteiger partial charge in [0, 0.05) is 11.8 Å². The third-order valence-electron chi connectivity index (χ3n) is 1.70. The largest absolute Gasteiger partial charge is 0.444 e. The van der Waals surface area contributed by atoms with Crippen molar-refractivity contribution in [1.82, 2.24) is 5.32 Å². The van der Waals surface area contributed by atoms with Crippen molar-refractivity contribution in [3.63, 3.8) is 0 Å². The molecule has 1 atom stereocenters. The Balaban J connectivity index is 4.02. The zero-order valence-corrected chi connectivity index (χ0v) is 11.2. The number of ether oxygens (including phenoxy) is 1. The van der Waals surface area contributed by atoms with Gasteiger partial charge >= 0.3 is 6.09 Å². The number of hydrogen-bond acceptors (Lipinski definition) is 3. The molecule has 0 aromatic rings. The topological polar surface area (TPSA) is 38.3 Å². The molecule has 1 unspecified atom stereocenters. The molecule has 4 heteroatoms. The van der Waals surface area contributed by atoms with Crippen molar-refractivity contribution in [3.8, 4) is 0 Å². The van der Waals surface area contributed by atoms with Crippen LogP contribution in [-0.4, -0.2) is 23.5 Å². The second-order valence-corrected chi connectivity index (χ2v) is 5.52. The van der Waals surface area contributed by atoms with Crippen LogP contribution >= 0.6 is 12.6 Å². The summed E-state index contributed by atoms with van der Waals surface area (Å²) in [5.41, 5.74) is -0.441. The molecule has 0 aliphatic rings. The minimum absolute atomic E-state index is 0.0863. The third kappa shape index (κ3) is 8.60. The van der Waals surface area contributed by atoms with E-state index >= 15 is 0 Å². The van der Waals surface area contributed by atoms with E-state index in [2.05, 4.69) is 31.8 Å². The lowest BCUT2D eigenvalue weighted by Crippen LogP contribution is -2.40. The standard InChI is InChI=1S/C11H23NO2S/c1-8(2)6-9(7-15)12-10(13)14-11(3,4)5/h8-9,15H,6-7H2,1-5H3,(H,12,13). The molecule has 0 aliphatic carbocycles. The van der Waals surface area contributed by atoms with E-state index in [1.807, 2.05) is 20.8 Å². The van der Waals surface area contributed by atoms with Crippen LogP contribution in [0, 0.1) is 5.92 Å². The summed E-state index contributed by atoms with van der Waals surface area (Å²) >= 11 is 4.21. The molecule has 0 bridgehead atoms. The Bertz CT molecular complexity index is 199. The fourth-order valence-corrected chi connectivity index (χ4v) is 1.46. The first-order valence-corrected chi connectivity index (χ1v) is 5.98. The number of rotatable bonds is 4. The minimum Gasteiger partial charge on any atom is -0.444 e. The molecule has 0 fully saturated rings. The Morgan fingerprint density at radius 1 is 1.40 bits per heavy atom. The number of carbonyl (C=O) groups is 1. The molecule has 0 spiro atoms. The van der Waals surface area contributed by atoms with E-state index < -0.39 is 5.60 Å². The minimum atomic E-state index is -0.441. The molecule has 3 nitrogen and oxygen atoms in total. The summed E-state index contributed by atoms with van der Waals surface area (Å²) in [6, 6.07) is 0.0863. The average Bonchev–Trinajstić information content (AvgIpc) is 1.98. The van der Waals surface area contributed by atoms with Crippen LogP contribution in [0.1, 0.15) is 41.0 Å². The smallest absolute Gasteiger partial charge is 0.407 e. The predicted molar refractivity (Wildman–Crippen MR) is 66.5 cm³/mol. The first-order valence-electron chi connectivity index (χ1n) is 5.35. The van der Waals surface area contributed by atoms with Gasteiger partial charge < -0.3 is 10.1 Å². The van der Waals surface area contributed by atoms with Crippen molar-refractivity contribution in [2.45, 2.75) is 52.7 Å². The molecule has 1 N–H and O–H groups in total. The van der Waals surface area contributed by atoms with Gasteiger partial charge in [0.15, 0.2) is 0 Å². The monoisotopic (exact) mass is 233 g/mol. The number of amides is 1. The average molecular weight is 233 g/mol. The van der Waals surface area contributed by atoms with Crippen LogP contribution in [0.3, 0.4) is 0 Å². The Morgan fingerprint density at radius 3 is 2.27 bits per heavy atom. The number of hydrogen-bond donors (Lipinski definition) is 2. The van der Waals surface area contributed by atoms with Crippen molar-refractivity contribution in [2.24, 2.45) is 5.92 Å². The summed E-state index contributed by atoms with van der Waals surface area (Å²) in [4.78, 5) is 11.4. The molecule has 0 saturated carbocycles. The van der Waals surface area contributed by atoms with Crippen LogP contribution in [0.2, 0.25) is 0 Å². The van der Waals surface area contributed by atoms with Gasteiger partial charge in [-0.15, -0.1) is 0 Å². The summed E-state index contributed by atoms with van der Waals surface area (Å²) < 4.78 is 5.17. The zero-order chi connectivity index (χ0) is 12.1. The number of alkyl carbamates (subject to hydrolysis) is 1. The van der Waals surface area contributed by atoms with Crippen molar-refractivity contribution < 1.29 is 9.53 Å². The Morgan fingerprint density at radius 2 is 1.93 bits per heavy atom. The molecule has 90 valence electrons. The van der Waals surface area contributed by atoms with E-state index in [9.17, 15) is 4.79 Å². The lowest BCUT2D eigenvalue weighted by Gasteiger charge is -2.23. The Labute approximate surface area is 98.4 Å². The van der Waals surface area contributed by atoms with E-state index in [1.165, 1.54) is 0 Å². The van der Waals surface area contributed by atoms with Gasteiger partial charge in [-0.3, -0.25) is 0 Å². The Hall–Kier alpha value is -0.380. The molecule has 0 aliphatic heterocycles. The van der Waals surface area contributed by atoms with Gasteiger partial charge in [-0.2, -0.15) is 12.6 Å². The van der Waals surface area contributed by atoms with Gasteiger partial charge in [0.2, 0.25) is 0 Å². The molecular formula is C11H23NO2S. The summed E-state index contributed by atoms with van der Waals surface area (Å²) in [5, 5.41) is 2.82. The van der Waals surface area contributed by atoms with Crippen molar-refractivity contribution in [3.05, 3.63) is 0 Å². The predicted octanol–water partition coefficient (Wildman–Crippen LogP) is 2.86. The second kappa shape index (κ2) is 6.26. The van der Waals surface area contributed by atoms with Gasteiger partial charge in [0.1, 0.15) is 5.60 Å². The van der Waals surface area contributed by atoms with E-state index in [0.717, 1.165) is 6.42 Å². The molecule has 0 heterocycles. The fourth-order valence-electron chi connectivity index (χ4n) is 1.22. The van der Waals surface area contributed by atoms with Crippen LogP contribution in [0.5, 0.6) is 0 Å². The highest BCUT2D eigenvalue weighted by Crippen LogP contribution is 2.09. The van der Waals surface area contributed by atoms with Crippen LogP contribution in [0.4, 0.5) is 4.79 Å². The van der Waals surface area contributed by atoms with E-state index in [4.69, 9.17) is 4.74 Å². The summed E-state index contributed by atoms with van der Waals surface area (Å²) in [5.74, 6) is 1.18. The van der Waals surface area contributed by atoms with Gasteiger partial charge in [0.05, 0.1) is 0 Å². The fraction of sp³-hybridized carbons (Fsp3) is 0.909. The maximum atomic E-state index is 11.4. The molecular weight excluding hydrogens is 210 g/mol. The SMILES string of the molecule is CC(C)CC(CS)NC(=O)OC(C)(C)C. The molecule has 15 heavy (non-hydrogen) atoms. The van der Waals surface area contributed by atoms with Gasteiger partial charge in [-0.25, -0.2) is 4.79 Å². The highest BCUT2D eigenvalue weighted by atomic mass is 32.1. The van der Waals surface area contributed by atoms with Crippen molar-refractivity contribution >= 4 is 18.7 Å². The highest BCUT2D eigenvalue weighted by molar-refractivity contribution is 7.80. The van der Waals surface area contributed by atoms with E-state index in [1.54, 1.807) is 0 Å². The molecule has 0 aromatic heterocycles. The quantitative estimate of drug-likeness (QED) is 0.733. The molecule has 0 aromatic carbocycles. The van der Waals surface area contributed by atoms with E-state index in [-0.39, 0.29) is 12.1 Å². The maximum Gasteiger partial charge on any atom is 0.407 e. The lowest BCUT2D eigenvalue weighted by molar-refractivity contribution is 0.0505. The van der Waals surface area contributed by atoms with Crippen LogP contribution in [0.15, 0.2) is 0 Å². The normalized spacial score (nSPS) is 13.8. The highest BCUT2D eigenvalue weighted by Gasteiger charge is 2.19. The van der Waals surface area contributed by atoms with Crippen molar-refractivity contribution in [1.29, 1.82) is 0 Å². The third-order valence-corrected chi connectivity index (χ3v) is 2.14. The van der Waals surface area contributed by atoms with Crippen LogP contribution in [0.25, 0.3) is 0 Å². The maximum absolute atomic E-state index is 11.4. The van der Waals surface area contributed by atoms with E-state index in [0.29, 0.717) is 11.7 Å².